The minimum absolute atomic E-state index is 0. The summed E-state index contributed by atoms with van der Waals surface area (Å²) >= 11 is 0. The maximum absolute atomic E-state index is 12.9. The number of aromatic hydroxyl groups is 1. The zero-order chi connectivity index (χ0) is 25.0. The smallest absolute Gasteiger partial charge is 0.262 e. The topological polar surface area (TPSA) is 145 Å². The number of benzene rings is 3. The van der Waals surface area contributed by atoms with Crippen LogP contribution >= 0.6 is 12.4 Å². The van der Waals surface area contributed by atoms with Crippen molar-refractivity contribution in [2.24, 2.45) is 5.73 Å². The molecule has 3 aromatic rings. The second-order valence-electron chi connectivity index (χ2n) is 8.20. The number of nitrogens with two attached hydrogens (primary N) is 1. The fraction of sp³-hybridized carbons (Fsp3) is 0.200. The molecule has 0 aliphatic rings. The molecule has 0 unspecified atom stereocenters. The van der Waals surface area contributed by atoms with Crippen LogP contribution in [0.3, 0.4) is 0 Å². The van der Waals surface area contributed by atoms with E-state index in [4.69, 9.17) is 11.1 Å². The van der Waals surface area contributed by atoms with Crippen LogP contribution < -0.4 is 15.8 Å². The van der Waals surface area contributed by atoms with Gasteiger partial charge in [0.1, 0.15) is 11.6 Å². The Balaban J connectivity index is 0.00000432. The van der Waals surface area contributed by atoms with Gasteiger partial charge in [-0.15, -0.1) is 12.4 Å². The van der Waals surface area contributed by atoms with Crippen molar-refractivity contribution in [1.29, 1.82) is 5.41 Å². The number of carbonyl (C=O) groups is 1. The van der Waals surface area contributed by atoms with Crippen molar-refractivity contribution >= 4 is 39.9 Å². The largest absolute Gasteiger partial charge is 0.505 e. The summed E-state index contributed by atoms with van der Waals surface area (Å²) in [4.78, 5) is 12.7. The van der Waals surface area contributed by atoms with Crippen LogP contribution in [0, 0.1) is 26.2 Å². The number of anilines is 1. The fourth-order valence-corrected chi connectivity index (χ4v) is 4.86. The first-order valence-corrected chi connectivity index (χ1v) is 12.1. The van der Waals surface area contributed by atoms with Crippen molar-refractivity contribution in [2.45, 2.75) is 38.6 Å². The van der Waals surface area contributed by atoms with Crippen LogP contribution in [-0.2, 0) is 27.8 Å². The average molecular weight is 517 g/mol. The molecule has 0 spiro atoms. The summed E-state index contributed by atoms with van der Waals surface area (Å²) in [7, 11) is -3.94. The lowest BCUT2D eigenvalue weighted by atomic mass is 10.0. The van der Waals surface area contributed by atoms with Crippen molar-refractivity contribution in [1.82, 2.24) is 5.32 Å². The average Bonchev–Trinajstić information content (AvgIpc) is 2.79. The molecule has 0 heterocycles. The van der Waals surface area contributed by atoms with Gasteiger partial charge in [-0.3, -0.25) is 14.9 Å². The van der Waals surface area contributed by atoms with Gasteiger partial charge in [0.15, 0.2) is 0 Å². The van der Waals surface area contributed by atoms with Gasteiger partial charge >= 0.3 is 0 Å². The first-order chi connectivity index (χ1) is 16.0. The Kier molecular flexibility index (Phi) is 8.89. The van der Waals surface area contributed by atoms with Crippen molar-refractivity contribution in [3.63, 3.8) is 0 Å². The van der Waals surface area contributed by atoms with E-state index in [1.807, 2.05) is 6.07 Å². The molecule has 0 atom stereocenters. The molecule has 10 heteroatoms. The predicted octanol–water partition coefficient (Wildman–Crippen LogP) is 3.68. The molecule has 186 valence electrons. The highest BCUT2D eigenvalue weighted by Crippen LogP contribution is 2.33. The van der Waals surface area contributed by atoms with E-state index < -0.39 is 10.0 Å². The van der Waals surface area contributed by atoms with Crippen LogP contribution in [0.4, 0.5) is 5.69 Å². The maximum atomic E-state index is 12.9. The standard InChI is InChI=1S/C25H28N4O4S.ClH/c1-15-4-5-17(3)22(12-15)34(32,33)29-21-11-6-16(2)20(24(21)31)13-23(30)28-14-18-7-9-19(10-8-18)25(26)27;/h4-12,29,31H,13-14H2,1-3H3,(H3,26,27)(H,28,30);1H. The molecule has 0 aliphatic carbocycles. The zero-order valence-corrected chi connectivity index (χ0v) is 21.3. The van der Waals surface area contributed by atoms with Gasteiger partial charge in [-0.2, -0.15) is 0 Å². The summed E-state index contributed by atoms with van der Waals surface area (Å²) < 4.78 is 28.3. The summed E-state index contributed by atoms with van der Waals surface area (Å²) in [5, 5.41) is 21.0. The molecule has 6 N–H and O–H groups in total. The minimum Gasteiger partial charge on any atom is -0.505 e. The van der Waals surface area contributed by atoms with Crippen LogP contribution in [-0.4, -0.2) is 25.3 Å². The molecule has 0 aromatic heterocycles. The first kappa shape index (κ1) is 27.7. The molecule has 3 aromatic carbocycles. The number of amidine groups is 1. The van der Waals surface area contributed by atoms with Crippen LogP contribution in [0.2, 0.25) is 0 Å². The predicted molar refractivity (Wildman–Crippen MR) is 140 cm³/mol. The Hall–Kier alpha value is -3.56. The van der Waals surface area contributed by atoms with Gasteiger partial charge in [-0.05, 0) is 55.2 Å². The summed E-state index contributed by atoms with van der Waals surface area (Å²) in [6.45, 7) is 5.50. The van der Waals surface area contributed by atoms with Gasteiger partial charge in [-0.25, -0.2) is 8.42 Å². The fourth-order valence-electron chi connectivity index (χ4n) is 3.47. The third-order valence-electron chi connectivity index (χ3n) is 5.49. The van der Waals surface area contributed by atoms with Gasteiger partial charge in [0, 0.05) is 17.7 Å². The Bertz CT molecular complexity index is 1360. The summed E-state index contributed by atoms with van der Waals surface area (Å²) in [6, 6.07) is 15.2. The third-order valence-corrected chi connectivity index (χ3v) is 6.99. The molecular weight excluding hydrogens is 488 g/mol. The zero-order valence-electron chi connectivity index (χ0n) is 19.7. The number of nitrogens with one attached hydrogen (secondary N) is 3. The molecule has 0 fully saturated rings. The van der Waals surface area contributed by atoms with Crippen molar-refractivity contribution in [3.8, 4) is 5.75 Å². The van der Waals surface area contributed by atoms with E-state index in [0.29, 0.717) is 22.3 Å². The number of carbonyl (C=O) groups excluding carboxylic acids is 1. The monoisotopic (exact) mass is 516 g/mol. The number of phenols is 1. The van der Waals surface area contributed by atoms with Crippen molar-refractivity contribution < 1.29 is 18.3 Å². The summed E-state index contributed by atoms with van der Waals surface area (Å²) in [6.07, 6.45) is -0.123. The molecule has 0 bridgehead atoms. The second-order valence-corrected chi connectivity index (χ2v) is 9.85. The third kappa shape index (κ3) is 6.74. The highest BCUT2D eigenvalue weighted by Gasteiger charge is 2.21. The quantitative estimate of drug-likeness (QED) is 0.176. The Morgan fingerprint density at radius 3 is 2.26 bits per heavy atom. The van der Waals surface area contributed by atoms with Crippen molar-refractivity contribution in [3.05, 3.63) is 88.0 Å². The number of hydrogen-bond acceptors (Lipinski definition) is 5. The number of nitrogen functional groups attached to an aromatic ring is 1. The molecule has 0 saturated heterocycles. The lowest BCUT2D eigenvalue weighted by molar-refractivity contribution is -0.120. The van der Waals surface area contributed by atoms with E-state index in [1.165, 1.54) is 6.07 Å². The Labute approximate surface area is 211 Å². The number of aryl methyl sites for hydroxylation is 3. The lowest BCUT2D eigenvalue weighted by Gasteiger charge is -2.16. The molecule has 0 radical (unpaired) electrons. The van der Waals surface area contributed by atoms with Gasteiger partial charge in [0.2, 0.25) is 5.91 Å². The molecule has 1 amide bonds. The van der Waals surface area contributed by atoms with Crippen molar-refractivity contribution in [2.75, 3.05) is 4.72 Å². The van der Waals surface area contributed by atoms with E-state index in [0.717, 1.165) is 11.1 Å². The maximum Gasteiger partial charge on any atom is 0.262 e. The van der Waals surface area contributed by atoms with Gasteiger partial charge in [-0.1, -0.05) is 42.5 Å². The van der Waals surface area contributed by atoms with Crippen LogP contribution in [0.25, 0.3) is 0 Å². The molecule has 0 aliphatic heterocycles. The van der Waals surface area contributed by atoms with E-state index in [-0.39, 0.29) is 53.4 Å². The van der Waals surface area contributed by atoms with Crippen LogP contribution in [0.15, 0.2) is 59.5 Å². The minimum atomic E-state index is -3.94. The van der Waals surface area contributed by atoms with E-state index >= 15 is 0 Å². The second kappa shape index (κ2) is 11.2. The van der Waals surface area contributed by atoms with Crippen LogP contribution in [0.5, 0.6) is 5.75 Å². The summed E-state index contributed by atoms with van der Waals surface area (Å²) in [5.74, 6) is -0.645. The molecule has 35 heavy (non-hydrogen) atoms. The first-order valence-electron chi connectivity index (χ1n) is 10.6. The number of amides is 1. The van der Waals surface area contributed by atoms with E-state index in [2.05, 4.69) is 10.0 Å². The number of phenolic OH excluding ortho intramolecular Hbond substituents is 1. The van der Waals surface area contributed by atoms with Gasteiger partial charge < -0.3 is 16.2 Å². The Morgan fingerprint density at radius 2 is 1.63 bits per heavy atom. The highest BCUT2D eigenvalue weighted by atomic mass is 35.5. The van der Waals surface area contributed by atoms with E-state index in [9.17, 15) is 18.3 Å². The highest BCUT2D eigenvalue weighted by molar-refractivity contribution is 7.92. The van der Waals surface area contributed by atoms with Crippen LogP contribution in [0.1, 0.15) is 33.4 Å². The molecular formula is C25H29ClN4O4S. The summed E-state index contributed by atoms with van der Waals surface area (Å²) in [5.41, 5.74) is 9.26. The SMILES string of the molecule is Cc1ccc(C)c(S(=O)(=O)Nc2ccc(C)c(CC(=O)NCc3ccc(C(=N)N)cc3)c2O)c1.Cl. The number of sulfonamides is 1. The van der Waals surface area contributed by atoms with Gasteiger partial charge in [0.25, 0.3) is 10.0 Å². The number of rotatable bonds is 8. The normalized spacial score (nSPS) is 10.8. The van der Waals surface area contributed by atoms with Gasteiger partial charge in [0.05, 0.1) is 17.0 Å². The molecule has 8 nitrogen and oxygen atoms in total. The number of hydrogen-bond donors (Lipinski definition) is 5. The number of halogens is 1. The Morgan fingerprint density at radius 1 is 1.00 bits per heavy atom. The molecule has 3 rings (SSSR count). The lowest BCUT2D eigenvalue weighted by Crippen LogP contribution is -2.25. The molecule has 0 saturated carbocycles. The van der Waals surface area contributed by atoms with E-state index in [1.54, 1.807) is 63.2 Å².